The number of amides is 1. The number of hydrogen-bond donors (Lipinski definition) is 2. The van der Waals surface area contributed by atoms with Crippen molar-refractivity contribution in [3.63, 3.8) is 0 Å². The number of carbonyl (C=O) groups is 1. The van der Waals surface area contributed by atoms with Gasteiger partial charge in [0.2, 0.25) is 12.7 Å². The van der Waals surface area contributed by atoms with Gasteiger partial charge in [-0.2, -0.15) is 0 Å². The minimum Gasteiger partial charge on any atom is -0.454 e. The maximum Gasteiger partial charge on any atom is 0.239 e. The Kier molecular flexibility index (Phi) is 3.60. The van der Waals surface area contributed by atoms with E-state index in [1.54, 1.807) is 0 Å². The van der Waals surface area contributed by atoms with E-state index in [1.165, 1.54) is 0 Å². The van der Waals surface area contributed by atoms with E-state index in [0.29, 0.717) is 24.7 Å². The number of carbonyl (C=O) groups excluding carboxylic acids is 1. The summed E-state index contributed by atoms with van der Waals surface area (Å²) in [5.74, 6) is 1.53. The summed E-state index contributed by atoms with van der Waals surface area (Å²) in [6, 6.07) is 5.78. The maximum atomic E-state index is 11.3. The Labute approximate surface area is 122 Å². The smallest absolute Gasteiger partial charge is 0.239 e. The van der Waals surface area contributed by atoms with Crippen molar-refractivity contribution in [1.29, 1.82) is 0 Å². The van der Waals surface area contributed by atoms with Gasteiger partial charge < -0.3 is 25.0 Å². The zero-order valence-corrected chi connectivity index (χ0v) is 11.7. The molecular weight excluding hydrogens is 278 g/mol. The van der Waals surface area contributed by atoms with Crippen LogP contribution in [0.25, 0.3) is 0 Å². The molecule has 106 valence electrons. The van der Waals surface area contributed by atoms with E-state index in [1.807, 2.05) is 23.1 Å². The maximum absolute atomic E-state index is 11.3. The summed E-state index contributed by atoms with van der Waals surface area (Å²) in [6.45, 7) is 2.54. The highest BCUT2D eigenvalue weighted by Gasteiger charge is 2.18. The lowest BCUT2D eigenvalue weighted by Gasteiger charge is -2.29. The molecule has 1 amide bonds. The highest BCUT2D eigenvalue weighted by molar-refractivity contribution is 7.80. The molecule has 2 aliphatic rings. The molecule has 0 atom stereocenters. The summed E-state index contributed by atoms with van der Waals surface area (Å²) in [4.78, 5) is 13.2. The minimum absolute atomic E-state index is 0.00322. The van der Waals surface area contributed by atoms with E-state index >= 15 is 0 Å². The van der Waals surface area contributed by atoms with Crippen molar-refractivity contribution in [2.75, 3.05) is 26.4 Å². The zero-order valence-electron chi connectivity index (χ0n) is 10.8. The molecule has 1 aromatic rings. The standard InChI is InChI=1S/C13H15N3O3S/c17-12-7-16(4-3-14-12)13(20)15-6-9-1-2-10-11(5-9)19-8-18-10/h1-2,5H,3-4,6-8H2,(H,14,17)(H,15,20). The van der Waals surface area contributed by atoms with Gasteiger partial charge in [-0.25, -0.2) is 0 Å². The van der Waals surface area contributed by atoms with Crippen LogP contribution in [0.3, 0.4) is 0 Å². The van der Waals surface area contributed by atoms with Crippen molar-refractivity contribution in [1.82, 2.24) is 15.5 Å². The number of ether oxygens (including phenoxy) is 2. The largest absolute Gasteiger partial charge is 0.454 e. The van der Waals surface area contributed by atoms with E-state index < -0.39 is 0 Å². The Bertz CT molecular complexity index is 550. The molecular formula is C13H15N3O3S. The molecule has 3 rings (SSSR count). The first-order valence-electron chi connectivity index (χ1n) is 6.40. The normalized spacial score (nSPS) is 16.8. The average molecular weight is 293 g/mol. The zero-order chi connectivity index (χ0) is 13.9. The lowest BCUT2D eigenvalue weighted by atomic mass is 10.2. The van der Waals surface area contributed by atoms with Gasteiger partial charge in [-0.05, 0) is 29.9 Å². The quantitative estimate of drug-likeness (QED) is 0.761. The van der Waals surface area contributed by atoms with Gasteiger partial charge in [-0.15, -0.1) is 0 Å². The molecule has 6 nitrogen and oxygen atoms in total. The number of fused-ring (bicyclic) bond motifs is 1. The fraction of sp³-hybridized carbons (Fsp3) is 0.385. The first-order valence-corrected chi connectivity index (χ1v) is 6.81. The molecule has 1 aromatic carbocycles. The SMILES string of the molecule is O=C1CN(C(=S)NCc2ccc3c(c2)OCO3)CCN1. The van der Waals surface area contributed by atoms with E-state index in [2.05, 4.69) is 10.6 Å². The molecule has 2 N–H and O–H groups in total. The average Bonchev–Trinajstić information content (AvgIpc) is 2.92. The molecule has 0 spiro atoms. The number of rotatable bonds is 2. The van der Waals surface area contributed by atoms with Crippen LogP contribution in [0.4, 0.5) is 0 Å². The van der Waals surface area contributed by atoms with Crippen molar-refractivity contribution in [3.05, 3.63) is 23.8 Å². The molecule has 0 aromatic heterocycles. The van der Waals surface area contributed by atoms with Gasteiger partial charge in [0.15, 0.2) is 16.6 Å². The van der Waals surface area contributed by atoms with Crippen molar-refractivity contribution in [2.24, 2.45) is 0 Å². The predicted molar refractivity (Wildman–Crippen MR) is 76.6 cm³/mol. The van der Waals surface area contributed by atoms with E-state index in [4.69, 9.17) is 21.7 Å². The number of hydrogen-bond acceptors (Lipinski definition) is 4. The van der Waals surface area contributed by atoms with Gasteiger partial charge in [-0.1, -0.05) is 6.07 Å². The Morgan fingerprint density at radius 3 is 3.10 bits per heavy atom. The van der Waals surface area contributed by atoms with Crippen LogP contribution in [0.2, 0.25) is 0 Å². The first-order chi connectivity index (χ1) is 9.72. The molecule has 2 heterocycles. The molecule has 20 heavy (non-hydrogen) atoms. The van der Waals surface area contributed by atoms with Crippen LogP contribution in [-0.2, 0) is 11.3 Å². The minimum atomic E-state index is 0.00322. The van der Waals surface area contributed by atoms with Crippen LogP contribution < -0.4 is 20.1 Å². The van der Waals surface area contributed by atoms with Crippen LogP contribution in [-0.4, -0.2) is 42.3 Å². The fourth-order valence-electron chi connectivity index (χ4n) is 2.15. The second-order valence-electron chi connectivity index (χ2n) is 4.62. The van der Waals surface area contributed by atoms with E-state index in [0.717, 1.165) is 23.6 Å². The topological polar surface area (TPSA) is 62.8 Å². The summed E-state index contributed by atoms with van der Waals surface area (Å²) >= 11 is 5.30. The third kappa shape index (κ3) is 2.77. The van der Waals surface area contributed by atoms with Gasteiger partial charge in [0.25, 0.3) is 0 Å². The van der Waals surface area contributed by atoms with Crippen LogP contribution in [0.5, 0.6) is 11.5 Å². The Balaban J connectivity index is 1.56. The molecule has 0 aliphatic carbocycles. The molecule has 7 heteroatoms. The Morgan fingerprint density at radius 1 is 1.40 bits per heavy atom. The number of piperazine rings is 1. The van der Waals surface area contributed by atoms with Crippen molar-refractivity contribution in [3.8, 4) is 11.5 Å². The number of nitrogens with one attached hydrogen (secondary N) is 2. The summed E-state index contributed by atoms with van der Waals surface area (Å²) < 4.78 is 10.6. The fourth-order valence-corrected chi connectivity index (χ4v) is 2.38. The molecule has 1 saturated heterocycles. The molecule has 2 aliphatic heterocycles. The summed E-state index contributed by atoms with van der Waals surface area (Å²) in [7, 11) is 0. The molecule has 0 bridgehead atoms. The van der Waals surface area contributed by atoms with Crippen molar-refractivity contribution in [2.45, 2.75) is 6.54 Å². The van der Waals surface area contributed by atoms with Crippen molar-refractivity contribution >= 4 is 23.2 Å². The molecule has 0 unspecified atom stereocenters. The second-order valence-corrected chi connectivity index (χ2v) is 5.00. The lowest BCUT2D eigenvalue weighted by Crippen LogP contribution is -2.52. The highest BCUT2D eigenvalue weighted by atomic mass is 32.1. The predicted octanol–water partition coefficient (Wildman–Crippen LogP) is 0.222. The van der Waals surface area contributed by atoms with E-state index in [-0.39, 0.29) is 12.7 Å². The van der Waals surface area contributed by atoms with Gasteiger partial charge >= 0.3 is 0 Å². The first kappa shape index (κ1) is 13.0. The van der Waals surface area contributed by atoms with E-state index in [9.17, 15) is 4.79 Å². The summed E-state index contributed by atoms with van der Waals surface area (Å²) in [6.07, 6.45) is 0. The Morgan fingerprint density at radius 2 is 2.25 bits per heavy atom. The van der Waals surface area contributed by atoms with Gasteiger partial charge in [0.1, 0.15) is 0 Å². The Hall–Kier alpha value is -2.02. The number of nitrogens with zero attached hydrogens (tertiary/aromatic N) is 1. The van der Waals surface area contributed by atoms with Gasteiger partial charge in [0.05, 0.1) is 6.54 Å². The summed E-state index contributed by atoms with van der Waals surface area (Å²) in [5.41, 5.74) is 1.05. The van der Waals surface area contributed by atoms with Crippen LogP contribution >= 0.6 is 12.2 Å². The number of benzene rings is 1. The highest BCUT2D eigenvalue weighted by Crippen LogP contribution is 2.32. The monoisotopic (exact) mass is 293 g/mol. The van der Waals surface area contributed by atoms with Crippen LogP contribution in [0, 0.1) is 0 Å². The number of thiocarbonyl (C=S) groups is 1. The van der Waals surface area contributed by atoms with Crippen molar-refractivity contribution < 1.29 is 14.3 Å². The molecule has 0 saturated carbocycles. The van der Waals surface area contributed by atoms with Crippen LogP contribution in [0.15, 0.2) is 18.2 Å². The summed E-state index contributed by atoms with van der Waals surface area (Å²) in [5, 5.41) is 6.53. The lowest BCUT2D eigenvalue weighted by molar-refractivity contribution is -0.122. The van der Waals surface area contributed by atoms with Gasteiger partial charge in [0, 0.05) is 19.6 Å². The third-order valence-electron chi connectivity index (χ3n) is 3.21. The molecule has 0 radical (unpaired) electrons. The van der Waals surface area contributed by atoms with Crippen LogP contribution in [0.1, 0.15) is 5.56 Å². The second kappa shape index (κ2) is 5.54. The molecule has 1 fully saturated rings. The third-order valence-corrected chi connectivity index (χ3v) is 3.61. The van der Waals surface area contributed by atoms with Gasteiger partial charge in [-0.3, -0.25) is 4.79 Å².